The number of hydrogen-bond donors (Lipinski definition) is 0. The Hall–Kier alpha value is -1.31. The lowest BCUT2D eigenvalue weighted by Crippen LogP contribution is -2.28. The van der Waals surface area contributed by atoms with Crippen LogP contribution in [0.25, 0.3) is 0 Å². The average Bonchev–Trinajstić information content (AvgIpc) is 2.75. The van der Waals surface area contributed by atoms with Crippen LogP contribution in [0.3, 0.4) is 0 Å². The largest absolute Gasteiger partial charge is 0.458 e. The van der Waals surface area contributed by atoms with Crippen molar-refractivity contribution >= 4 is 5.97 Å². The monoisotopic (exact) mass is 230 g/mol. The summed E-state index contributed by atoms with van der Waals surface area (Å²) in [5, 5.41) is 0. The van der Waals surface area contributed by atoms with E-state index in [0.717, 1.165) is 25.7 Å². The van der Waals surface area contributed by atoms with Crippen LogP contribution in [0, 0.1) is 17.8 Å². The van der Waals surface area contributed by atoms with Gasteiger partial charge in [-0.1, -0.05) is 30.9 Å². The highest BCUT2D eigenvalue weighted by atomic mass is 16.6. The Labute approximate surface area is 102 Å². The molecule has 0 spiro atoms. The van der Waals surface area contributed by atoms with Crippen molar-refractivity contribution < 1.29 is 9.53 Å². The molecule has 0 aromatic carbocycles. The van der Waals surface area contributed by atoms with Crippen molar-refractivity contribution in [3.8, 4) is 0 Å². The molecule has 90 valence electrons. The molecule has 2 saturated carbocycles. The summed E-state index contributed by atoms with van der Waals surface area (Å²) in [6.45, 7) is 12.3. The number of hydrogen-bond acceptors (Lipinski definition) is 2. The minimum Gasteiger partial charge on any atom is -0.458 e. The zero-order valence-electron chi connectivity index (χ0n) is 10.1. The fraction of sp³-hybridized carbons (Fsp3) is 0.533. The summed E-state index contributed by atoms with van der Waals surface area (Å²) in [4.78, 5) is 11.7. The Kier molecular flexibility index (Phi) is 2.29. The van der Waals surface area contributed by atoms with Crippen molar-refractivity contribution in [3.63, 3.8) is 0 Å². The fourth-order valence-electron chi connectivity index (χ4n) is 3.71. The average molecular weight is 230 g/mol. The van der Waals surface area contributed by atoms with E-state index in [1.807, 2.05) is 0 Å². The standard InChI is InChI=1S/C15H18O2/c1-8-4-7-12-10(3)15(16)17-14(12)13-9(2)5-6-11(8)13/h11-14H,1-7H2/t11-,12+,13+,14+/m0/s1. The van der Waals surface area contributed by atoms with Gasteiger partial charge in [-0.3, -0.25) is 0 Å². The Morgan fingerprint density at radius 1 is 1.00 bits per heavy atom. The van der Waals surface area contributed by atoms with Crippen molar-refractivity contribution in [2.24, 2.45) is 17.8 Å². The molecule has 0 amide bonds. The molecule has 3 aliphatic rings. The van der Waals surface area contributed by atoms with Gasteiger partial charge in [-0.2, -0.15) is 0 Å². The summed E-state index contributed by atoms with van der Waals surface area (Å²) in [6.07, 6.45) is 4.09. The van der Waals surface area contributed by atoms with Crippen molar-refractivity contribution in [3.05, 3.63) is 36.5 Å². The first-order chi connectivity index (χ1) is 8.09. The summed E-state index contributed by atoms with van der Waals surface area (Å²) in [5.41, 5.74) is 3.20. The topological polar surface area (TPSA) is 26.3 Å². The summed E-state index contributed by atoms with van der Waals surface area (Å²) in [6, 6.07) is 0. The third-order valence-corrected chi connectivity index (χ3v) is 4.69. The number of fused-ring (bicyclic) bond motifs is 3. The van der Waals surface area contributed by atoms with Crippen molar-refractivity contribution in [1.82, 2.24) is 0 Å². The lowest BCUT2D eigenvalue weighted by Gasteiger charge is -2.26. The number of carbonyl (C=O) groups excluding carboxylic acids is 1. The Morgan fingerprint density at radius 2 is 1.65 bits per heavy atom. The summed E-state index contributed by atoms with van der Waals surface area (Å²) < 4.78 is 5.55. The predicted octanol–water partition coefficient (Wildman–Crippen LogP) is 3.02. The van der Waals surface area contributed by atoms with Crippen LogP contribution in [0.15, 0.2) is 36.5 Å². The minimum absolute atomic E-state index is 0.0192. The fourth-order valence-corrected chi connectivity index (χ4v) is 3.71. The van der Waals surface area contributed by atoms with E-state index in [9.17, 15) is 4.79 Å². The number of rotatable bonds is 0. The second-order valence-corrected chi connectivity index (χ2v) is 5.53. The third kappa shape index (κ3) is 1.43. The van der Waals surface area contributed by atoms with Crippen LogP contribution in [-0.4, -0.2) is 12.1 Å². The maximum atomic E-state index is 11.7. The first-order valence-electron chi connectivity index (χ1n) is 6.34. The van der Waals surface area contributed by atoms with Gasteiger partial charge in [0, 0.05) is 17.4 Å². The van der Waals surface area contributed by atoms with E-state index in [1.54, 1.807) is 0 Å². The van der Waals surface area contributed by atoms with Gasteiger partial charge in [0.2, 0.25) is 0 Å². The van der Waals surface area contributed by atoms with Crippen LogP contribution in [0.1, 0.15) is 25.7 Å². The SMILES string of the molecule is C=C1CC[C@H]2C(=C)CC[C@@H]3C(=C)C(=O)O[C@H]3[C@H]12. The molecule has 1 saturated heterocycles. The summed E-state index contributed by atoms with van der Waals surface area (Å²) in [5.74, 6) is 0.740. The quantitative estimate of drug-likeness (QED) is 0.363. The van der Waals surface area contributed by atoms with E-state index in [-0.39, 0.29) is 23.9 Å². The molecular weight excluding hydrogens is 212 g/mol. The number of esters is 1. The van der Waals surface area contributed by atoms with Gasteiger partial charge in [0.1, 0.15) is 6.10 Å². The molecule has 0 bridgehead atoms. The zero-order chi connectivity index (χ0) is 12.2. The predicted molar refractivity (Wildman–Crippen MR) is 66.2 cm³/mol. The molecule has 0 N–H and O–H groups in total. The van der Waals surface area contributed by atoms with E-state index in [2.05, 4.69) is 19.7 Å². The third-order valence-electron chi connectivity index (χ3n) is 4.69. The molecular formula is C15H18O2. The molecule has 1 aliphatic heterocycles. The Balaban J connectivity index is 2.00. The maximum absolute atomic E-state index is 11.7. The number of allylic oxidation sites excluding steroid dienone is 1. The summed E-state index contributed by atoms with van der Waals surface area (Å²) >= 11 is 0. The first-order valence-corrected chi connectivity index (χ1v) is 6.34. The van der Waals surface area contributed by atoms with Crippen LogP contribution in [0.5, 0.6) is 0 Å². The van der Waals surface area contributed by atoms with Crippen molar-refractivity contribution in [2.45, 2.75) is 31.8 Å². The molecule has 2 nitrogen and oxygen atoms in total. The van der Waals surface area contributed by atoms with Crippen LogP contribution in [-0.2, 0) is 9.53 Å². The van der Waals surface area contributed by atoms with Gasteiger partial charge in [-0.05, 0) is 31.6 Å². The van der Waals surface area contributed by atoms with Gasteiger partial charge in [0.15, 0.2) is 0 Å². The lowest BCUT2D eigenvalue weighted by molar-refractivity contribution is -0.141. The van der Waals surface area contributed by atoms with E-state index >= 15 is 0 Å². The van der Waals surface area contributed by atoms with Gasteiger partial charge >= 0.3 is 5.97 Å². The molecule has 1 heterocycles. The second kappa shape index (κ2) is 3.59. The first kappa shape index (κ1) is 10.8. The highest BCUT2D eigenvalue weighted by Crippen LogP contribution is 2.51. The van der Waals surface area contributed by atoms with Gasteiger partial charge in [0.05, 0.1) is 0 Å². The highest BCUT2D eigenvalue weighted by Gasteiger charge is 2.50. The molecule has 2 aliphatic carbocycles. The molecule has 4 atom stereocenters. The smallest absolute Gasteiger partial charge is 0.334 e. The van der Waals surface area contributed by atoms with Gasteiger partial charge in [-0.15, -0.1) is 0 Å². The van der Waals surface area contributed by atoms with Crippen LogP contribution in [0.4, 0.5) is 0 Å². The van der Waals surface area contributed by atoms with Crippen molar-refractivity contribution in [1.29, 1.82) is 0 Å². The van der Waals surface area contributed by atoms with E-state index in [4.69, 9.17) is 4.74 Å². The molecule has 0 aromatic heterocycles. The summed E-state index contributed by atoms with van der Waals surface area (Å²) in [7, 11) is 0. The lowest BCUT2D eigenvalue weighted by atomic mass is 9.82. The van der Waals surface area contributed by atoms with Crippen LogP contribution in [0.2, 0.25) is 0 Å². The Bertz CT molecular complexity index is 432. The van der Waals surface area contributed by atoms with E-state index in [1.165, 1.54) is 11.1 Å². The number of carbonyl (C=O) groups is 1. The number of ether oxygens (including phenoxy) is 1. The normalized spacial score (nSPS) is 40.9. The van der Waals surface area contributed by atoms with Crippen LogP contribution < -0.4 is 0 Å². The Morgan fingerprint density at radius 3 is 2.41 bits per heavy atom. The van der Waals surface area contributed by atoms with Gasteiger partial charge < -0.3 is 4.74 Å². The van der Waals surface area contributed by atoms with E-state index in [0.29, 0.717) is 11.5 Å². The molecule has 0 radical (unpaired) electrons. The maximum Gasteiger partial charge on any atom is 0.334 e. The molecule has 0 unspecified atom stereocenters. The van der Waals surface area contributed by atoms with Gasteiger partial charge in [-0.25, -0.2) is 4.79 Å². The van der Waals surface area contributed by atoms with Gasteiger partial charge in [0.25, 0.3) is 0 Å². The molecule has 3 rings (SSSR count). The highest BCUT2D eigenvalue weighted by molar-refractivity contribution is 5.91. The van der Waals surface area contributed by atoms with E-state index < -0.39 is 0 Å². The van der Waals surface area contributed by atoms with Crippen LogP contribution >= 0.6 is 0 Å². The van der Waals surface area contributed by atoms with Crippen molar-refractivity contribution in [2.75, 3.05) is 0 Å². The molecule has 0 aromatic rings. The molecule has 2 heteroatoms. The molecule has 3 fully saturated rings. The minimum atomic E-state index is -0.203. The molecule has 17 heavy (non-hydrogen) atoms. The second-order valence-electron chi connectivity index (χ2n) is 5.53. The zero-order valence-corrected chi connectivity index (χ0v) is 10.1.